The van der Waals surface area contributed by atoms with E-state index in [1.807, 2.05) is 36.4 Å². The highest BCUT2D eigenvalue weighted by Gasteiger charge is 2.25. The third kappa shape index (κ3) is 6.04. The second-order valence-corrected chi connectivity index (χ2v) is 9.61. The van der Waals surface area contributed by atoms with Crippen LogP contribution in [-0.2, 0) is 27.1 Å². The first-order chi connectivity index (χ1) is 14.3. The Bertz CT molecular complexity index is 983. The van der Waals surface area contributed by atoms with E-state index in [4.69, 9.17) is 10.5 Å². The van der Waals surface area contributed by atoms with Crippen molar-refractivity contribution in [2.75, 3.05) is 31.6 Å². The highest BCUT2D eigenvalue weighted by Crippen LogP contribution is 2.19. The van der Waals surface area contributed by atoms with Crippen molar-refractivity contribution in [1.29, 1.82) is 0 Å². The lowest BCUT2D eigenvalue weighted by Gasteiger charge is -2.26. The summed E-state index contributed by atoms with van der Waals surface area (Å²) >= 11 is 0. The topological polar surface area (TPSA) is 97.0 Å². The van der Waals surface area contributed by atoms with Gasteiger partial charge in [0.2, 0.25) is 10.0 Å². The second-order valence-electron chi connectivity index (χ2n) is 7.64. The number of aliphatic imine (C=N–C) groups is 1. The monoisotopic (exact) mass is 430 g/mol. The Kier molecular flexibility index (Phi) is 7.47. The molecular formula is C22H30N4O3S. The largest absolute Gasteiger partial charge is 0.379 e. The summed E-state index contributed by atoms with van der Waals surface area (Å²) in [6, 6.07) is 15.5. The Hall–Kier alpha value is -2.42. The summed E-state index contributed by atoms with van der Waals surface area (Å²) in [5.74, 6) is 0.662. The molecule has 1 fully saturated rings. The number of rotatable bonds is 7. The molecule has 7 nitrogen and oxygen atoms in total. The Labute approximate surface area is 179 Å². The van der Waals surface area contributed by atoms with Crippen molar-refractivity contribution < 1.29 is 13.2 Å². The molecule has 1 aliphatic rings. The van der Waals surface area contributed by atoms with Crippen molar-refractivity contribution in [3.05, 3.63) is 65.2 Å². The van der Waals surface area contributed by atoms with E-state index in [0.717, 1.165) is 16.8 Å². The van der Waals surface area contributed by atoms with E-state index in [1.165, 1.54) is 9.87 Å². The van der Waals surface area contributed by atoms with Crippen LogP contribution in [0.15, 0.2) is 53.5 Å². The fraction of sp³-hybridized carbons (Fsp3) is 0.409. The van der Waals surface area contributed by atoms with Gasteiger partial charge in [-0.3, -0.25) is 0 Å². The van der Waals surface area contributed by atoms with Crippen LogP contribution in [0.4, 0.5) is 5.69 Å². The van der Waals surface area contributed by atoms with Crippen LogP contribution in [0.5, 0.6) is 0 Å². The summed E-state index contributed by atoms with van der Waals surface area (Å²) in [6.45, 7) is 6.25. The first kappa shape index (κ1) is 22.3. The molecule has 0 spiro atoms. The van der Waals surface area contributed by atoms with Crippen LogP contribution in [-0.4, -0.2) is 45.0 Å². The summed E-state index contributed by atoms with van der Waals surface area (Å²) in [6.07, 6.45) is 0. The van der Waals surface area contributed by atoms with Gasteiger partial charge < -0.3 is 15.8 Å². The van der Waals surface area contributed by atoms with E-state index in [1.54, 1.807) is 0 Å². The highest BCUT2D eigenvalue weighted by molar-refractivity contribution is 7.88. The molecule has 0 radical (unpaired) electrons. The Morgan fingerprint density at radius 2 is 1.83 bits per heavy atom. The number of hydrogen-bond donors (Lipinski definition) is 2. The highest BCUT2D eigenvalue weighted by atomic mass is 32.2. The molecule has 3 rings (SSSR count). The maximum atomic E-state index is 12.8. The number of nitrogens with one attached hydrogen (secondary N) is 1. The molecule has 0 aliphatic carbocycles. The number of guanidine groups is 1. The van der Waals surface area contributed by atoms with E-state index in [9.17, 15) is 8.42 Å². The fourth-order valence-electron chi connectivity index (χ4n) is 3.30. The van der Waals surface area contributed by atoms with Crippen molar-refractivity contribution in [3.8, 4) is 0 Å². The average Bonchev–Trinajstić information content (AvgIpc) is 2.74. The number of benzene rings is 2. The number of morpholine rings is 1. The predicted molar refractivity (Wildman–Crippen MR) is 121 cm³/mol. The van der Waals surface area contributed by atoms with Crippen LogP contribution in [0.3, 0.4) is 0 Å². The van der Waals surface area contributed by atoms with Crippen LogP contribution < -0.4 is 11.1 Å². The average molecular weight is 431 g/mol. The van der Waals surface area contributed by atoms with Gasteiger partial charge in [-0.1, -0.05) is 50.2 Å². The van der Waals surface area contributed by atoms with Crippen LogP contribution in [0.2, 0.25) is 0 Å². The van der Waals surface area contributed by atoms with Gasteiger partial charge in [0.25, 0.3) is 0 Å². The van der Waals surface area contributed by atoms with Gasteiger partial charge in [0.1, 0.15) is 0 Å². The number of hydrogen-bond acceptors (Lipinski definition) is 4. The van der Waals surface area contributed by atoms with Gasteiger partial charge >= 0.3 is 0 Å². The quantitative estimate of drug-likeness (QED) is 0.520. The maximum Gasteiger partial charge on any atom is 0.218 e. The molecule has 2 aromatic rings. The van der Waals surface area contributed by atoms with Gasteiger partial charge in [0.15, 0.2) is 5.96 Å². The first-order valence-electron chi connectivity index (χ1n) is 10.1. The molecule has 2 aromatic carbocycles. The lowest BCUT2D eigenvalue weighted by Crippen LogP contribution is -2.41. The van der Waals surface area contributed by atoms with Gasteiger partial charge in [-0.05, 0) is 34.7 Å². The minimum Gasteiger partial charge on any atom is -0.379 e. The fourth-order valence-corrected chi connectivity index (χ4v) is 4.86. The standard InChI is InChI=1S/C22H30N4O3S/c1-17(2)18-8-5-9-21(14-18)25-22(23)24-15-19-6-3-4-7-20(19)16-30(27,28)26-10-12-29-13-11-26/h3-9,14,17H,10-13,15-16H2,1-2H3,(H3,23,24,25). The Morgan fingerprint density at radius 3 is 2.53 bits per heavy atom. The summed E-state index contributed by atoms with van der Waals surface area (Å²) in [7, 11) is -3.40. The smallest absolute Gasteiger partial charge is 0.218 e. The maximum absolute atomic E-state index is 12.8. The number of nitrogens with zero attached hydrogens (tertiary/aromatic N) is 2. The van der Waals surface area contributed by atoms with Crippen molar-refractivity contribution in [2.45, 2.75) is 32.1 Å². The molecule has 162 valence electrons. The molecule has 8 heteroatoms. The lowest BCUT2D eigenvalue weighted by atomic mass is 10.0. The predicted octanol–water partition coefficient (Wildman–Crippen LogP) is 2.90. The SMILES string of the molecule is CC(C)c1cccc(NC(N)=NCc2ccccc2CS(=O)(=O)N2CCOCC2)c1. The molecular weight excluding hydrogens is 400 g/mol. The van der Waals surface area contributed by atoms with Crippen LogP contribution in [0.25, 0.3) is 0 Å². The van der Waals surface area contributed by atoms with Gasteiger partial charge in [0, 0.05) is 18.8 Å². The molecule has 0 bridgehead atoms. The number of nitrogens with two attached hydrogens (primary N) is 1. The lowest BCUT2D eigenvalue weighted by molar-refractivity contribution is 0.0729. The molecule has 1 heterocycles. The molecule has 0 amide bonds. The third-order valence-corrected chi connectivity index (χ3v) is 6.89. The molecule has 3 N–H and O–H groups in total. The summed E-state index contributed by atoms with van der Waals surface area (Å²) < 4.78 is 32.3. The zero-order chi connectivity index (χ0) is 21.6. The van der Waals surface area contributed by atoms with E-state index in [-0.39, 0.29) is 5.75 Å². The molecule has 0 unspecified atom stereocenters. The van der Waals surface area contributed by atoms with Gasteiger partial charge in [-0.25, -0.2) is 13.4 Å². The zero-order valence-corrected chi connectivity index (χ0v) is 18.4. The van der Waals surface area contributed by atoms with Crippen molar-refractivity contribution >= 4 is 21.7 Å². The van der Waals surface area contributed by atoms with Crippen LogP contribution >= 0.6 is 0 Å². The summed E-state index contributed by atoms with van der Waals surface area (Å²) in [5, 5.41) is 3.11. The van der Waals surface area contributed by atoms with Crippen molar-refractivity contribution in [2.24, 2.45) is 10.7 Å². The number of ether oxygens (including phenoxy) is 1. The molecule has 0 atom stereocenters. The second kappa shape index (κ2) is 10.1. The normalized spacial score (nSPS) is 16.0. The number of anilines is 1. The zero-order valence-electron chi connectivity index (χ0n) is 17.5. The minimum atomic E-state index is -3.40. The first-order valence-corrected chi connectivity index (χ1v) is 11.8. The van der Waals surface area contributed by atoms with Crippen molar-refractivity contribution in [1.82, 2.24) is 4.31 Å². The minimum absolute atomic E-state index is 0.0531. The summed E-state index contributed by atoms with van der Waals surface area (Å²) in [4.78, 5) is 4.42. The number of sulfonamides is 1. The van der Waals surface area contributed by atoms with Gasteiger partial charge in [-0.2, -0.15) is 4.31 Å². The van der Waals surface area contributed by atoms with E-state index in [0.29, 0.717) is 44.7 Å². The third-order valence-electron chi connectivity index (χ3n) is 5.07. The van der Waals surface area contributed by atoms with Gasteiger partial charge in [-0.15, -0.1) is 0 Å². The Balaban J connectivity index is 1.69. The Morgan fingerprint density at radius 1 is 1.13 bits per heavy atom. The van der Waals surface area contributed by atoms with E-state index < -0.39 is 10.0 Å². The summed E-state index contributed by atoms with van der Waals surface area (Å²) in [5.41, 5.74) is 9.75. The van der Waals surface area contributed by atoms with Crippen molar-refractivity contribution in [3.63, 3.8) is 0 Å². The molecule has 1 aliphatic heterocycles. The van der Waals surface area contributed by atoms with Crippen LogP contribution in [0, 0.1) is 0 Å². The molecule has 0 aromatic heterocycles. The molecule has 30 heavy (non-hydrogen) atoms. The van der Waals surface area contributed by atoms with E-state index >= 15 is 0 Å². The molecule has 1 saturated heterocycles. The molecule has 0 saturated carbocycles. The van der Waals surface area contributed by atoms with E-state index in [2.05, 4.69) is 36.3 Å². The van der Waals surface area contributed by atoms with Gasteiger partial charge in [0.05, 0.1) is 25.5 Å². The van der Waals surface area contributed by atoms with Crippen LogP contribution in [0.1, 0.15) is 36.5 Å².